The molecule has 7 heteroatoms. The number of hydrogen-bond donors (Lipinski definition) is 1. The van der Waals surface area contributed by atoms with E-state index < -0.39 is 17.7 Å². The van der Waals surface area contributed by atoms with E-state index in [1.165, 1.54) is 12.0 Å². The number of ketones is 1. The number of ether oxygens (including phenoxy) is 2. The second kappa shape index (κ2) is 9.11. The fourth-order valence-corrected chi connectivity index (χ4v) is 3.48. The molecular formula is C22H22ClNO5. The van der Waals surface area contributed by atoms with Crippen molar-refractivity contribution < 1.29 is 24.2 Å². The smallest absolute Gasteiger partial charge is 0.295 e. The number of aliphatic hydroxyl groups excluding tert-OH is 1. The number of carbonyl (C=O) groups excluding carboxylic acids is 2. The zero-order valence-corrected chi connectivity index (χ0v) is 17.0. The molecule has 0 spiro atoms. The summed E-state index contributed by atoms with van der Waals surface area (Å²) in [6.07, 6.45) is 0. The van der Waals surface area contributed by atoms with Crippen LogP contribution in [-0.2, 0) is 14.3 Å². The molecule has 29 heavy (non-hydrogen) atoms. The number of rotatable bonds is 7. The van der Waals surface area contributed by atoms with Crippen LogP contribution in [0.5, 0.6) is 5.75 Å². The first-order valence-corrected chi connectivity index (χ1v) is 9.61. The highest BCUT2D eigenvalue weighted by atomic mass is 35.5. The number of halogens is 1. The predicted octanol–water partition coefficient (Wildman–Crippen LogP) is 3.81. The number of methoxy groups -OCH3 is 1. The van der Waals surface area contributed by atoms with Gasteiger partial charge in [0.25, 0.3) is 11.7 Å². The molecule has 1 heterocycles. The molecule has 1 fully saturated rings. The van der Waals surface area contributed by atoms with Crippen LogP contribution in [0, 0.1) is 0 Å². The molecule has 6 nitrogen and oxygen atoms in total. The average Bonchev–Trinajstić information content (AvgIpc) is 2.97. The number of hydrogen-bond acceptors (Lipinski definition) is 5. The van der Waals surface area contributed by atoms with Crippen molar-refractivity contribution in [1.82, 2.24) is 4.90 Å². The maximum absolute atomic E-state index is 12.8. The Morgan fingerprint density at radius 1 is 1.17 bits per heavy atom. The molecule has 1 unspecified atom stereocenters. The minimum atomic E-state index is -0.749. The van der Waals surface area contributed by atoms with E-state index in [0.717, 1.165) is 0 Å². The summed E-state index contributed by atoms with van der Waals surface area (Å²) in [5.74, 6) is -1.04. The fraction of sp³-hybridized carbons (Fsp3) is 0.273. The van der Waals surface area contributed by atoms with Crippen molar-refractivity contribution in [2.24, 2.45) is 0 Å². The maximum Gasteiger partial charge on any atom is 0.295 e. The molecule has 0 aliphatic carbocycles. The van der Waals surface area contributed by atoms with Gasteiger partial charge in [-0.3, -0.25) is 9.59 Å². The van der Waals surface area contributed by atoms with Gasteiger partial charge in [-0.15, -0.1) is 0 Å². The van der Waals surface area contributed by atoms with Crippen LogP contribution in [0.15, 0.2) is 54.1 Å². The van der Waals surface area contributed by atoms with Gasteiger partial charge in [0.15, 0.2) is 0 Å². The highest BCUT2D eigenvalue weighted by Gasteiger charge is 2.45. The van der Waals surface area contributed by atoms with Crippen molar-refractivity contribution in [1.29, 1.82) is 0 Å². The van der Waals surface area contributed by atoms with E-state index in [0.29, 0.717) is 28.5 Å². The van der Waals surface area contributed by atoms with Crippen molar-refractivity contribution >= 4 is 29.1 Å². The van der Waals surface area contributed by atoms with Crippen molar-refractivity contribution in [3.63, 3.8) is 0 Å². The molecule has 0 radical (unpaired) electrons. The van der Waals surface area contributed by atoms with Crippen LogP contribution < -0.4 is 4.74 Å². The Bertz CT molecular complexity index is 938. The minimum Gasteiger partial charge on any atom is -0.507 e. The lowest BCUT2D eigenvalue weighted by atomic mass is 9.95. The highest BCUT2D eigenvalue weighted by Crippen LogP contribution is 2.40. The number of likely N-dealkylation sites (tertiary alicyclic amines) is 1. The third-order valence-corrected chi connectivity index (χ3v) is 4.93. The summed E-state index contributed by atoms with van der Waals surface area (Å²) in [6, 6.07) is 12.9. The normalized spacial score (nSPS) is 18.3. The number of benzene rings is 2. The first-order valence-electron chi connectivity index (χ1n) is 9.24. The fourth-order valence-electron chi connectivity index (χ4n) is 3.35. The maximum atomic E-state index is 12.8. The van der Waals surface area contributed by atoms with Crippen LogP contribution in [0.2, 0.25) is 5.02 Å². The molecule has 2 aromatic rings. The van der Waals surface area contributed by atoms with E-state index in [4.69, 9.17) is 21.1 Å². The molecule has 152 valence electrons. The van der Waals surface area contributed by atoms with E-state index >= 15 is 0 Å². The van der Waals surface area contributed by atoms with Gasteiger partial charge in [-0.25, -0.2) is 0 Å². The third-order valence-electron chi connectivity index (χ3n) is 4.68. The van der Waals surface area contributed by atoms with E-state index in [2.05, 4.69) is 0 Å². The first kappa shape index (κ1) is 20.9. The summed E-state index contributed by atoms with van der Waals surface area (Å²) in [5.41, 5.74) is 1.11. The van der Waals surface area contributed by atoms with Gasteiger partial charge < -0.3 is 19.5 Å². The second-order valence-corrected chi connectivity index (χ2v) is 6.93. The third kappa shape index (κ3) is 4.28. The Kier molecular flexibility index (Phi) is 6.56. The van der Waals surface area contributed by atoms with Crippen molar-refractivity contribution in [3.8, 4) is 5.75 Å². The van der Waals surface area contributed by atoms with Gasteiger partial charge in [-0.05, 0) is 48.9 Å². The number of nitrogens with zero attached hydrogens (tertiary/aromatic N) is 1. The van der Waals surface area contributed by atoms with E-state index in [9.17, 15) is 14.7 Å². The van der Waals surface area contributed by atoms with Gasteiger partial charge in [0, 0.05) is 24.2 Å². The molecule has 1 atom stereocenters. The van der Waals surface area contributed by atoms with Gasteiger partial charge >= 0.3 is 0 Å². The van der Waals surface area contributed by atoms with E-state index in [1.54, 1.807) is 48.5 Å². The standard InChI is InChI=1S/C22H22ClNO5/c1-3-29-17-6-4-5-15(13-17)19-18(20(25)14-7-9-16(23)10-8-14)21(26)22(27)24(19)11-12-28-2/h4-10,13,19,25H,3,11-12H2,1-2H3/b20-18+. The molecular weight excluding hydrogens is 394 g/mol. The summed E-state index contributed by atoms with van der Waals surface area (Å²) in [7, 11) is 1.52. The Balaban J connectivity index is 2.14. The van der Waals surface area contributed by atoms with Crippen LogP contribution in [0.3, 0.4) is 0 Å². The molecule has 2 aromatic carbocycles. The minimum absolute atomic E-state index is 0.0297. The Morgan fingerprint density at radius 3 is 2.55 bits per heavy atom. The highest BCUT2D eigenvalue weighted by molar-refractivity contribution is 6.46. The van der Waals surface area contributed by atoms with Gasteiger partial charge in [0.2, 0.25) is 0 Å². The lowest BCUT2D eigenvalue weighted by molar-refractivity contribution is -0.140. The van der Waals surface area contributed by atoms with Crippen molar-refractivity contribution in [2.75, 3.05) is 26.9 Å². The quantitative estimate of drug-likeness (QED) is 0.423. The predicted molar refractivity (Wildman–Crippen MR) is 110 cm³/mol. The Hall–Kier alpha value is -2.83. The number of amides is 1. The molecule has 0 bridgehead atoms. The lowest BCUT2D eigenvalue weighted by Gasteiger charge is -2.25. The van der Waals surface area contributed by atoms with Crippen molar-refractivity contribution in [2.45, 2.75) is 13.0 Å². The summed E-state index contributed by atoms with van der Waals surface area (Å²) in [6.45, 7) is 2.83. The first-order chi connectivity index (χ1) is 14.0. The molecule has 1 aliphatic heterocycles. The van der Waals surface area contributed by atoms with E-state index in [1.807, 2.05) is 6.92 Å². The summed E-state index contributed by atoms with van der Waals surface area (Å²) < 4.78 is 10.7. The largest absolute Gasteiger partial charge is 0.507 e. The zero-order valence-electron chi connectivity index (χ0n) is 16.2. The van der Waals surface area contributed by atoms with Crippen LogP contribution >= 0.6 is 11.6 Å². The average molecular weight is 416 g/mol. The number of Topliss-reactive ketones (excluding diaryl/α,β-unsaturated/α-hetero) is 1. The molecule has 3 rings (SSSR count). The molecule has 0 saturated carbocycles. The number of carbonyl (C=O) groups is 2. The van der Waals surface area contributed by atoms with Gasteiger partial charge in [0.1, 0.15) is 11.5 Å². The van der Waals surface area contributed by atoms with E-state index in [-0.39, 0.29) is 24.5 Å². The number of aliphatic hydroxyl groups is 1. The zero-order chi connectivity index (χ0) is 21.0. The second-order valence-electron chi connectivity index (χ2n) is 6.50. The van der Waals surface area contributed by atoms with Crippen LogP contribution in [-0.4, -0.2) is 48.6 Å². The van der Waals surface area contributed by atoms with Crippen LogP contribution in [0.25, 0.3) is 5.76 Å². The topological polar surface area (TPSA) is 76.1 Å². The Morgan fingerprint density at radius 2 is 1.90 bits per heavy atom. The molecule has 0 aromatic heterocycles. The summed E-state index contributed by atoms with van der Waals surface area (Å²) in [5, 5.41) is 11.4. The molecule has 1 saturated heterocycles. The molecule has 1 N–H and O–H groups in total. The van der Waals surface area contributed by atoms with Crippen LogP contribution in [0.1, 0.15) is 24.1 Å². The van der Waals surface area contributed by atoms with Gasteiger partial charge in [0.05, 0.1) is 24.8 Å². The summed E-state index contributed by atoms with van der Waals surface area (Å²) in [4.78, 5) is 27.0. The lowest BCUT2D eigenvalue weighted by Crippen LogP contribution is -2.32. The Labute approximate surface area is 174 Å². The molecule has 1 aliphatic rings. The molecule has 1 amide bonds. The van der Waals surface area contributed by atoms with Crippen molar-refractivity contribution in [3.05, 3.63) is 70.3 Å². The summed E-state index contributed by atoms with van der Waals surface area (Å²) >= 11 is 5.93. The SMILES string of the molecule is CCOc1cccc(C2/C(=C(\O)c3ccc(Cl)cc3)C(=O)C(=O)N2CCOC)c1. The van der Waals surface area contributed by atoms with Gasteiger partial charge in [-0.2, -0.15) is 0 Å². The monoisotopic (exact) mass is 415 g/mol. The van der Waals surface area contributed by atoms with Gasteiger partial charge in [-0.1, -0.05) is 23.7 Å². The van der Waals surface area contributed by atoms with Crippen LogP contribution in [0.4, 0.5) is 0 Å².